The molecular formula is C45H82N2O6. The maximum Gasteiger partial charge on any atom is 0.306 e. The molecule has 0 aromatic carbocycles. The Hall–Kier alpha value is -2.45. The van der Waals surface area contributed by atoms with E-state index in [1.807, 2.05) is 18.0 Å². The standard InChI is InChI=1S/C45H82N2O6/c1-4-6-8-10-12-14-15-16-17-18-19-20-21-23-28-34-45(51)53-41-31-33-42(46-43(49)36-37-47(3)38-39-48)32-27-24-25-29-35-44(50)52-40-30-26-22-13-11-9-7-5-2/h12,14,16-17,26,30,42,48H,4-11,13,15,18-25,27-29,31-41H2,1-3H3,(H,46,49)/b14-12-,17-16-,30-26+. The molecule has 8 nitrogen and oxygen atoms in total. The number of unbranched alkanes of at least 4 members (excludes halogenated alkanes) is 16. The van der Waals surface area contributed by atoms with E-state index in [-0.39, 0.29) is 30.5 Å². The first-order valence-corrected chi connectivity index (χ1v) is 21.8. The number of amides is 1. The summed E-state index contributed by atoms with van der Waals surface area (Å²) in [5.41, 5.74) is 0. The average Bonchev–Trinajstić information content (AvgIpc) is 3.14. The maximum absolute atomic E-state index is 12.7. The monoisotopic (exact) mass is 747 g/mol. The molecule has 1 amide bonds. The predicted molar refractivity (Wildman–Crippen MR) is 222 cm³/mol. The molecule has 0 rings (SSSR count). The van der Waals surface area contributed by atoms with Crippen LogP contribution in [0.4, 0.5) is 0 Å². The van der Waals surface area contributed by atoms with Gasteiger partial charge in [-0.15, -0.1) is 0 Å². The first kappa shape index (κ1) is 50.5. The Bertz CT molecular complexity index is 934. The summed E-state index contributed by atoms with van der Waals surface area (Å²) >= 11 is 0. The van der Waals surface area contributed by atoms with Gasteiger partial charge in [0, 0.05) is 38.4 Å². The van der Waals surface area contributed by atoms with E-state index in [0.717, 1.165) is 77.0 Å². The molecule has 0 fully saturated rings. The van der Waals surface area contributed by atoms with Gasteiger partial charge in [-0.25, -0.2) is 0 Å². The van der Waals surface area contributed by atoms with Gasteiger partial charge in [-0.1, -0.05) is 127 Å². The molecule has 53 heavy (non-hydrogen) atoms. The van der Waals surface area contributed by atoms with Gasteiger partial charge in [0.05, 0.1) is 13.2 Å². The highest BCUT2D eigenvalue weighted by atomic mass is 16.5. The van der Waals surface area contributed by atoms with E-state index in [1.165, 1.54) is 70.6 Å². The molecule has 0 aliphatic carbocycles. The summed E-state index contributed by atoms with van der Waals surface area (Å²) in [6, 6.07) is 0.0228. The zero-order chi connectivity index (χ0) is 38.9. The van der Waals surface area contributed by atoms with Crippen LogP contribution in [0.25, 0.3) is 0 Å². The number of aliphatic hydroxyl groups excluding tert-OH is 1. The lowest BCUT2D eigenvalue weighted by atomic mass is 10.0. The molecule has 0 saturated carbocycles. The van der Waals surface area contributed by atoms with E-state index < -0.39 is 0 Å². The summed E-state index contributed by atoms with van der Waals surface area (Å²) in [6.45, 7) is 6.40. The van der Waals surface area contributed by atoms with Crippen molar-refractivity contribution in [1.82, 2.24) is 10.2 Å². The first-order chi connectivity index (χ1) is 25.9. The van der Waals surface area contributed by atoms with Crippen LogP contribution in [-0.2, 0) is 23.9 Å². The number of esters is 2. The van der Waals surface area contributed by atoms with Gasteiger partial charge in [-0.05, 0) is 84.1 Å². The Morgan fingerprint density at radius 1 is 0.585 bits per heavy atom. The van der Waals surface area contributed by atoms with Crippen LogP contribution in [0.1, 0.15) is 187 Å². The molecule has 0 aliphatic rings. The van der Waals surface area contributed by atoms with Crippen molar-refractivity contribution in [3.8, 4) is 0 Å². The number of nitrogens with zero attached hydrogens (tertiary/aromatic N) is 1. The van der Waals surface area contributed by atoms with Crippen LogP contribution in [0.2, 0.25) is 0 Å². The number of aliphatic hydroxyl groups is 1. The Kier molecular flexibility index (Phi) is 38.8. The highest BCUT2D eigenvalue weighted by molar-refractivity contribution is 5.76. The molecule has 0 heterocycles. The van der Waals surface area contributed by atoms with Crippen molar-refractivity contribution in [2.45, 2.75) is 193 Å². The number of allylic oxidation sites excluding steroid dienone is 5. The fraction of sp³-hybridized carbons (Fsp3) is 0.800. The van der Waals surface area contributed by atoms with Gasteiger partial charge < -0.3 is 24.8 Å². The summed E-state index contributed by atoms with van der Waals surface area (Å²) in [4.78, 5) is 39.0. The van der Waals surface area contributed by atoms with Crippen molar-refractivity contribution in [1.29, 1.82) is 0 Å². The fourth-order valence-electron chi connectivity index (χ4n) is 6.11. The molecule has 0 aliphatic heterocycles. The van der Waals surface area contributed by atoms with Crippen LogP contribution in [0.5, 0.6) is 0 Å². The number of rotatable bonds is 39. The first-order valence-electron chi connectivity index (χ1n) is 21.8. The van der Waals surface area contributed by atoms with Crippen molar-refractivity contribution in [2.24, 2.45) is 0 Å². The molecule has 2 N–H and O–H groups in total. The molecule has 0 bridgehead atoms. The molecule has 0 spiro atoms. The molecule has 0 aromatic rings. The van der Waals surface area contributed by atoms with E-state index in [4.69, 9.17) is 14.6 Å². The number of ether oxygens (including phenoxy) is 2. The molecule has 0 saturated heterocycles. The number of hydrogen-bond donors (Lipinski definition) is 2. The Labute approximate surface area is 326 Å². The van der Waals surface area contributed by atoms with Crippen LogP contribution >= 0.6 is 0 Å². The molecular weight excluding hydrogens is 665 g/mol. The predicted octanol–water partition coefficient (Wildman–Crippen LogP) is 10.7. The minimum atomic E-state index is -0.140. The van der Waals surface area contributed by atoms with Crippen molar-refractivity contribution in [2.75, 3.05) is 40.0 Å². The second-order valence-corrected chi connectivity index (χ2v) is 14.7. The Morgan fingerprint density at radius 2 is 1.09 bits per heavy atom. The lowest BCUT2D eigenvalue weighted by Gasteiger charge is -2.20. The highest BCUT2D eigenvalue weighted by Gasteiger charge is 2.14. The third-order valence-electron chi connectivity index (χ3n) is 9.52. The topological polar surface area (TPSA) is 105 Å². The van der Waals surface area contributed by atoms with Gasteiger partial charge in [0.15, 0.2) is 0 Å². The number of likely N-dealkylation sites (N-methyl/N-ethyl adjacent to an activating group) is 1. The minimum absolute atomic E-state index is 0.00594. The smallest absolute Gasteiger partial charge is 0.306 e. The van der Waals surface area contributed by atoms with Crippen molar-refractivity contribution in [3.63, 3.8) is 0 Å². The third kappa shape index (κ3) is 39.1. The number of carbonyl (C=O) groups excluding carboxylic acids is 3. The van der Waals surface area contributed by atoms with Crippen molar-refractivity contribution >= 4 is 17.8 Å². The van der Waals surface area contributed by atoms with Gasteiger partial charge in [-0.2, -0.15) is 0 Å². The third-order valence-corrected chi connectivity index (χ3v) is 9.52. The molecule has 308 valence electrons. The zero-order valence-corrected chi connectivity index (χ0v) is 34.6. The summed E-state index contributed by atoms with van der Waals surface area (Å²) in [5.74, 6) is -0.263. The van der Waals surface area contributed by atoms with Crippen molar-refractivity contribution in [3.05, 3.63) is 36.5 Å². The van der Waals surface area contributed by atoms with Crippen LogP contribution < -0.4 is 5.32 Å². The maximum atomic E-state index is 12.7. The van der Waals surface area contributed by atoms with Crippen LogP contribution in [0.3, 0.4) is 0 Å². The van der Waals surface area contributed by atoms with E-state index in [9.17, 15) is 14.4 Å². The van der Waals surface area contributed by atoms with Gasteiger partial charge >= 0.3 is 11.9 Å². The Morgan fingerprint density at radius 3 is 1.74 bits per heavy atom. The number of carbonyl (C=O) groups is 3. The highest BCUT2D eigenvalue weighted by Crippen LogP contribution is 2.13. The summed E-state index contributed by atoms with van der Waals surface area (Å²) in [7, 11) is 1.90. The second-order valence-electron chi connectivity index (χ2n) is 14.7. The van der Waals surface area contributed by atoms with Gasteiger partial charge in [0.1, 0.15) is 6.61 Å². The van der Waals surface area contributed by atoms with Gasteiger partial charge in [-0.3, -0.25) is 14.4 Å². The minimum Gasteiger partial charge on any atom is -0.466 e. The number of hydrogen-bond acceptors (Lipinski definition) is 7. The number of nitrogens with one attached hydrogen (secondary N) is 1. The molecule has 0 radical (unpaired) electrons. The Balaban J connectivity index is 4.18. The quantitative estimate of drug-likeness (QED) is 0.0366. The molecule has 1 atom stereocenters. The zero-order valence-electron chi connectivity index (χ0n) is 34.6. The van der Waals surface area contributed by atoms with Gasteiger partial charge in [0.2, 0.25) is 5.91 Å². The molecule has 0 aromatic heterocycles. The van der Waals surface area contributed by atoms with Crippen LogP contribution in [-0.4, -0.2) is 73.9 Å². The summed E-state index contributed by atoms with van der Waals surface area (Å²) in [5, 5.41) is 12.3. The van der Waals surface area contributed by atoms with E-state index in [2.05, 4.69) is 49.5 Å². The fourth-order valence-corrected chi connectivity index (χ4v) is 6.11. The van der Waals surface area contributed by atoms with Crippen molar-refractivity contribution < 1.29 is 29.0 Å². The average molecular weight is 747 g/mol. The molecule has 8 heteroatoms. The lowest BCUT2D eigenvalue weighted by Crippen LogP contribution is -2.37. The largest absolute Gasteiger partial charge is 0.466 e. The summed E-state index contributed by atoms with van der Waals surface area (Å²) < 4.78 is 10.9. The second kappa shape index (κ2) is 40.7. The van der Waals surface area contributed by atoms with Crippen LogP contribution in [0.15, 0.2) is 36.5 Å². The van der Waals surface area contributed by atoms with E-state index >= 15 is 0 Å². The lowest BCUT2D eigenvalue weighted by molar-refractivity contribution is -0.144. The van der Waals surface area contributed by atoms with Gasteiger partial charge in [0.25, 0.3) is 0 Å². The summed E-state index contributed by atoms with van der Waals surface area (Å²) in [6.07, 6.45) is 40.6. The van der Waals surface area contributed by atoms with E-state index in [0.29, 0.717) is 52.0 Å². The normalized spacial score (nSPS) is 12.4. The molecule has 1 unspecified atom stereocenters. The SMILES string of the molecule is CCCCC/C=C\C/C=C\CCCCCCCC(=O)OCCCC(CCCCCCC(=O)OC/C=C/CCCCCCC)NC(=O)CCN(C)CCO. The van der Waals surface area contributed by atoms with E-state index in [1.54, 1.807) is 0 Å². The van der Waals surface area contributed by atoms with Crippen LogP contribution in [0, 0.1) is 0 Å².